The number of ketones is 1. The van der Waals surface area contributed by atoms with Gasteiger partial charge in [0.25, 0.3) is 17.2 Å². The predicted molar refractivity (Wildman–Crippen MR) is 96.4 cm³/mol. The Kier molecular flexibility index (Phi) is 4.52. The van der Waals surface area contributed by atoms with Crippen LogP contribution in [0.5, 0.6) is 5.75 Å². The number of nitro groups is 1. The molecule has 1 atom stereocenters. The molecule has 1 aliphatic heterocycles. The second-order valence-corrected chi connectivity index (χ2v) is 6.33. The van der Waals surface area contributed by atoms with Crippen LogP contribution in [-0.2, 0) is 11.3 Å². The Morgan fingerprint density at radius 1 is 1.30 bits per heavy atom. The van der Waals surface area contributed by atoms with Gasteiger partial charge in [-0.3, -0.25) is 24.5 Å². The number of hydrogen-bond donors (Lipinski definition) is 0. The summed E-state index contributed by atoms with van der Waals surface area (Å²) in [5.74, 6) is -0.181. The molecule has 0 N–H and O–H groups in total. The highest BCUT2D eigenvalue weighted by Gasteiger charge is 2.29. The van der Waals surface area contributed by atoms with E-state index in [1.54, 1.807) is 20.0 Å². The summed E-state index contributed by atoms with van der Waals surface area (Å²) in [6.07, 6.45) is 0.449. The molecule has 0 saturated heterocycles. The topological polar surface area (TPSA) is 112 Å². The Bertz CT molecular complexity index is 1030. The molecule has 1 amide bonds. The number of carbonyl (C=O) groups excluding carboxylic acids is 2. The van der Waals surface area contributed by atoms with Crippen molar-refractivity contribution < 1.29 is 19.2 Å². The average Bonchev–Trinajstić information content (AvgIpc) is 2.61. The molecule has 1 aromatic carbocycles. The maximum absolute atomic E-state index is 12.6. The van der Waals surface area contributed by atoms with Gasteiger partial charge in [-0.25, -0.2) is 0 Å². The quantitative estimate of drug-likeness (QED) is 0.459. The first-order valence-electron chi connectivity index (χ1n) is 8.16. The smallest absolute Gasteiger partial charge is 0.288 e. The number of Topliss-reactive ketones (excluding diaryl/α,β-unsaturated/α-hetero) is 1. The van der Waals surface area contributed by atoms with Crippen molar-refractivity contribution in [2.24, 2.45) is 0 Å². The molecule has 0 bridgehead atoms. The molecule has 1 aromatic heterocycles. The number of aromatic nitrogens is 1. The van der Waals surface area contributed by atoms with Crippen molar-refractivity contribution in [1.82, 2.24) is 4.57 Å². The maximum Gasteiger partial charge on any atom is 0.288 e. The third-order valence-electron chi connectivity index (χ3n) is 4.44. The van der Waals surface area contributed by atoms with Crippen molar-refractivity contribution in [3.8, 4) is 5.75 Å². The maximum atomic E-state index is 12.6. The predicted octanol–water partition coefficient (Wildman–Crippen LogP) is 1.69. The van der Waals surface area contributed by atoms with Gasteiger partial charge in [0.15, 0.2) is 11.9 Å². The molecule has 1 unspecified atom stereocenters. The van der Waals surface area contributed by atoms with Gasteiger partial charge < -0.3 is 14.2 Å². The molecule has 2 heterocycles. The largest absolute Gasteiger partial charge is 0.479 e. The Labute approximate surface area is 153 Å². The zero-order chi connectivity index (χ0) is 19.9. The molecular formula is C18H17N3O6. The van der Waals surface area contributed by atoms with Crippen LogP contribution in [0.3, 0.4) is 0 Å². The van der Waals surface area contributed by atoms with E-state index in [1.165, 1.54) is 24.0 Å². The summed E-state index contributed by atoms with van der Waals surface area (Å²) >= 11 is 0. The number of likely N-dealkylation sites (N-methyl/N-ethyl adjacent to an activating group) is 1. The minimum Gasteiger partial charge on any atom is -0.479 e. The molecule has 1 aliphatic rings. The lowest BCUT2D eigenvalue weighted by atomic mass is 10.1. The van der Waals surface area contributed by atoms with Crippen LogP contribution in [-0.4, -0.2) is 34.3 Å². The van der Waals surface area contributed by atoms with Gasteiger partial charge in [-0.05, 0) is 32.0 Å². The number of carbonyl (C=O) groups is 2. The normalized spacial score (nSPS) is 15.9. The van der Waals surface area contributed by atoms with Crippen molar-refractivity contribution in [2.75, 3.05) is 11.9 Å². The minimum absolute atomic E-state index is 0.230. The van der Waals surface area contributed by atoms with E-state index in [4.69, 9.17) is 4.74 Å². The number of amides is 1. The van der Waals surface area contributed by atoms with Crippen LogP contribution >= 0.6 is 0 Å². The standard InChI is InChI=1S/C18H17N3O6/c1-10-6-17(23)20(8-14(10)21(25)26)9-15(22)12-4-5-16-13(7-12)19(3)18(24)11(2)27-16/h4-8,11H,9H2,1-3H3. The molecule has 3 rings (SSSR count). The third-order valence-corrected chi connectivity index (χ3v) is 4.44. The zero-order valence-electron chi connectivity index (χ0n) is 15.0. The van der Waals surface area contributed by atoms with E-state index in [1.807, 2.05) is 0 Å². The molecule has 9 heteroatoms. The van der Waals surface area contributed by atoms with Crippen LogP contribution in [0.15, 0.2) is 35.3 Å². The van der Waals surface area contributed by atoms with Gasteiger partial charge in [0, 0.05) is 24.2 Å². The highest BCUT2D eigenvalue weighted by atomic mass is 16.6. The Morgan fingerprint density at radius 3 is 2.67 bits per heavy atom. The summed E-state index contributed by atoms with van der Waals surface area (Å²) < 4.78 is 6.51. The summed E-state index contributed by atoms with van der Waals surface area (Å²) in [7, 11) is 1.59. The van der Waals surface area contributed by atoms with Crippen molar-refractivity contribution in [3.63, 3.8) is 0 Å². The highest BCUT2D eigenvalue weighted by molar-refractivity contribution is 6.02. The minimum atomic E-state index is -0.615. The van der Waals surface area contributed by atoms with Crippen molar-refractivity contribution in [3.05, 3.63) is 62.1 Å². The van der Waals surface area contributed by atoms with E-state index in [9.17, 15) is 24.5 Å². The Morgan fingerprint density at radius 2 is 2.00 bits per heavy atom. The first-order chi connectivity index (χ1) is 12.7. The fourth-order valence-electron chi connectivity index (χ4n) is 2.90. The molecular weight excluding hydrogens is 354 g/mol. The molecule has 2 aromatic rings. The Balaban J connectivity index is 1.92. The summed E-state index contributed by atoms with van der Waals surface area (Å²) in [6.45, 7) is 2.74. The first kappa shape index (κ1) is 18.3. The summed E-state index contributed by atoms with van der Waals surface area (Å²) in [4.78, 5) is 48.6. The van der Waals surface area contributed by atoms with E-state index in [0.29, 0.717) is 11.4 Å². The number of anilines is 1. The summed E-state index contributed by atoms with van der Waals surface area (Å²) in [5.41, 5.74) is 0.205. The number of fused-ring (bicyclic) bond motifs is 1. The highest BCUT2D eigenvalue weighted by Crippen LogP contribution is 2.34. The Hall–Kier alpha value is -3.49. The van der Waals surface area contributed by atoms with Gasteiger partial charge >= 0.3 is 0 Å². The molecule has 27 heavy (non-hydrogen) atoms. The van der Waals surface area contributed by atoms with Gasteiger partial charge in [0.2, 0.25) is 0 Å². The number of benzene rings is 1. The van der Waals surface area contributed by atoms with E-state index in [2.05, 4.69) is 0 Å². The summed E-state index contributed by atoms with van der Waals surface area (Å²) in [6, 6.07) is 5.75. The fourth-order valence-corrected chi connectivity index (χ4v) is 2.90. The lowest BCUT2D eigenvalue weighted by molar-refractivity contribution is -0.385. The number of hydrogen-bond acceptors (Lipinski definition) is 6. The van der Waals surface area contributed by atoms with Crippen molar-refractivity contribution in [2.45, 2.75) is 26.5 Å². The van der Waals surface area contributed by atoms with E-state index in [0.717, 1.165) is 16.8 Å². The van der Waals surface area contributed by atoms with Gasteiger partial charge in [-0.15, -0.1) is 0 Å². The third kappa shape index (κ3) is 3.31. The van der Waals surface area contributed by atoms with Gasteiger partial charge in [-0.2, -0.15) is 0 Å². The van der Waals surface area contributed by atoms with Crippen molar-refractivity contribution >= 4 is 23.1 Å². The average molecular weight is 371 g/mol. The molecule has 9 nitrogen and oxygen atoms in total. The fraction of sp³-hybridized carbons (Fsp3) is 0.278. The molecule has 0 radical (unpaired) electrons. The monoisotopic (exact) mass is 371 g/mol. The van der Waals surface area contributed by atoms with Crippen molar-refractivity contribution in [1.29, 1.82) is 0 Å². The second kappa shape index (κ2) is 6.67. The lowest BCUT2D eigenvalue weighted by Crippen LogP contribution is -2.42. The molecule has 0 spiro atoms. The molecule has 0 saturated carbocycles. The molecule has 140 valence electrons. The summed E-state index contributed by atoms with van der Waals surface area (Å²) in [5, 5.41) is 11.0. The molecule has 0 fully saturated rings. The van der Waals surface area contributed by atoms with Crippen LogP contribution in [0.1, 0.15) is 22.8 Å². The van der Waals surface area contributed by atoms with Crippen LogP contribution in [0.25, 0.3) is 0 Å². The molecule has 0 aliphatic carbocycles. The van der Waals surface area contributed by atoms with Crippen LogP contribution in [0.4, 0.5) is 11.4 Å². The van der Waals surface area contributed by atoms with Crippen LogP contribution < -0.4 is 15.2 Å². The SMILES string of the molecule is Cc1cc(=O)n(CC(=O)c2ccc3c(c2)N(C)C(=O)C(C)O3)cc1[N+](=O)[O-]. The first-order valence-corrected chi connectivity index (χ1v) is 8.16. The lowest BCUT2D eigenvalue weighted by Gasteiger charge is -2.30. The van der Waals surface area contributed by atoms with Gasteiger partial charge in [0.1, 0.15) is 5.75 Å². The van der Waals surface area contributed by atoms with Gasteiger partial charge in [0.05, 0.1) is 23.4 Å². The number of nitrogens with zero attached hydrogens (tertiary/aromatic N) is 3. The van der Waals surface area contributed by atoms with E-state index < -0.39 is 22.4 Å². The number of ether oxygens (including phenoxy) is 1. The number of pyridine rings is 1. The second-order valence-electron chi connectivity index (χ2n) is 6.33. The van der Waals surface area contributed by atoms with Crippen LogP contribution in [0.2, 0.25) is 0 Å². The number of aryl methyl sites for hydroxylation is 1. The van der Waals surface area contributed by atoms with Gasteiger partial charge in [-0.1, -0.05) is 0 Å². The van der Waals surface area contributed by atoms with Crippen LogP contribution in [0, 0.1) is 17.0 Å². The van der Waals surface area contributed by atoms with E-state index in [-0.39, 0.29) is 29.3 Å². The van der Waals surface area contributed by atoms with E-state index >= 15 is 0 Å². The number of rotatable bonds is 4. The zero-order valence-corrected chi connectivity index (χ0v) is 15.0.